The first kappa shape index (κ1) is 14.3. The summed E-state index contributed by atoms with van der Waals surface area (Å²) in [7, 11) is 0. The molecule has 1 heterocycles. The molecule has 1 aliphatic heterocycles. The molecule has 4 nitrogen and oxygen atoms in total. The monoisotopic (exact) mass is 264 g/mol. The van der Waals surface area contributed by atoms with E-state index in [1.807, 2.05) is 24.3 Å². The van der Waals surface area contributed by atoms with E-state index in [9.17, 15) is 0 Å². The Morgan fingerprint density at radius 1 is 1.32 bits per heavy atom. The standard InChI is InChI=1S/C15H24N2O2/c16-11-14-2-1-3-15(10-14)19-9-8-17-6-4-13(12-18)5-7-17/h1-3,10,13,18H,4-9,11-12,16H2. The molecule has 1 fully saturated rings. The van der Waals surface area contributed by atoms with Crippen LogP contribution in [-0.4, -0.2) is 42.9 Å². The molecular formula is C15H24N2O2. The molecule has 0 unspecified atom stereocenters. The molecule has 106 valence electrons. The molecule has 0 aliphatic carbocycles. The molecule has 4 heteroatoms. The van der Waals surface area contributed by atoms with Crippen molar-refractivity contribution >= 4 is 0 Å². The quantitative estimate of drug-likeness (QED) is 0.811. The molecule has 0 bridgehead atoms. The Morgan fingerprint density at radius 2 is 2.11 bits per heavy atom. The Hall–Kier alpha value is -1.10. The van der Waals surface area contributed by atoms with Crippen LogP contribution in [-0.2, 0) is 6.54 Å². The lowest BCUT2D eigenvalue weighted by molar-refractivity contribution is 0.118. The number of nitrogens with two attached hydrogens (primary N) is 1. The lowest BCUT2D eigenvalue weighted by Crippen LogP contribution is -2.37. The van der Waals surface area contributed by atoms with Gasteiger partial charge in [0.25, 0.3) is 0 Å². The van der Waals surface area contributed by atoms with Gasteiger partial charge in [0.05, 0.1) is 0 Å². The van der Waals surface area contributed by atoms with Gasteiger partial charge in [0, 0.05) is 19.7 Å². The highest BCUT2D eigenvalue weighted by Gasteiger charge is 2.17. The van der Waals surface area contributed by atoms with E-state index in [0.717, 1.165) is 43.8 Å². The number of aliphatic hydroxyl groups excluding tert-OH is 1. The van der Waals surface area contributed by atoms with Crippen LogP contribution in [0.3, 0.4) is 0 Å². The summed E-state index contributed by atoms with van der Waals surface area (Å²) in [6.07, 6.45) is 2.19. The van der Waals surface area contributed by atoms with Crippen molar-refractivity contribution in [2.75, 3.05) is 32.8 Å². The summed E-state index contributed by atoms with van der Waals surface area (Å²) in [4.78, 5) is 2.40. The summed E-state index contributed by atoms with van der Waals surface area (Å²) in [6, 6.07) is 7.95. The van der Waals surface area contributed by atoms with Gasteiger partial charge in [0.2, 0.25) is 0 Å². The van der Waals surface area contributed by atoms with Crippen molar-refractivity contribution < 1.29 is 9.84 Å². The smallest absolute Gasteiger partial charge is 0.119 e. The third-order valence-corrected chi connectivity index (χ3v) is 3.78. The lowest BCUT2D eigenvalue weighted by atomic mass is 9.98. The van der Waals surface area contributed by atoms with Crippen LogP contribution in [0.25, 0.3) is 0 Å². The Labute approximate surface area is 115 Å². The molecule has 1 saturated heterocycles. The third-order valence-electron chi connectivity index (χ3n) is 3.78. The fourth-order valence-electron chi connectivity index (χ4n) is 2.45. The molecule has 19 heavy (non-hydrogen) atoms. The van der Waals surface area contributed by atoms with E-state index in [1.165, 1.54) is 0 Å². The maximum atomic E-state index is 9.10. The van der Waals surface area contributed by atoms with Gasteiger partial charge in [0.1, 0.15) is 12.4 Å². The second kappa shape index (κ2) is 7.48. The van der Waals surface area contributed by atoms with Crippen molar-refractivity contribution in [2.45, 2.75) is 19.4 Å². The Balaban J connectivity index is 1.69. The fourth-order valence-corrected chi connectivity index (χ4v) is 2.45. The lowest BCUT2D eigenvalue weighted by Gasteiger charge is -2.30. The van der Waals surface area contributed by atoms with Crippen molar-refractivity contribution in [3.8, 4) is 5.75 Å². The molecule has 1 aromatic rings. The van der Waals surface area contributed by atoms with Crippen molar-refractivity contribution in [1.82, 2.24) is 4.90 Å². The zero-order chi connectivity index (χ0) is 13.5. The molecule has 0 radical (unpaired) electrons. The van der Waals surface area contributed by atoms with Crippen molar-refractivity contribution in [2.24, 2.45) is 11.7 Å². The van der Waals surface area contributed by atoms with Crippen molar-refractivity contribution in [3.05, 3.63) is 29.8 Å². The van der Waals surface area contributed by atoms with E-state index in [0.29, 0.717) is 25.7 Å². The molecule has 0 atom stereocenters. The van der Waals surface area contributed by atoms with Gasteiger partial charge in [-0.2, -0.15) is 0 Å². The van der Waals surface area contributed by atoms with Crippen LogP contribution in [0.2, 0.25) is 0 Å². The molecule has 0 amide bonds. The minimum atomic E-state index is 0.330. The van der Waals surface area contributed by atoms with E-state index in [1.54, 1.807) is 0 Å². The Bertz CT molecular complexity index is 376. The Morgan fingerprint density at radius 3 is 2.79 bits per heavy atom. The predicted octanol–water partition coefficient (Wildman–Crippen LogP) is 1.23. The highest BCUT2D eigenvalue weighted by Crippen LogP contribution is 2.16. The number of hydrogen-bond donors (Lipinski definition) is 2. The summed E-state index contributed by atoms with van der Waals surface area (Å²) < 4.78 is 5.76. The molecule has 3 N–H and O–H groups in total. The minimum Gasteiger partial charge on any atom is -0.492 e. The summed E-state index contributed by atoms with van der Waals surface area (Å²) in [5, 5.41) is 9.10. The average molecular weight is 264 g/mol. The number of rotatable bonds is 6. The van der Waals surface area contributed by atoms with E-state index < -0.39 is 0 Å². The van der Waals surface area contributed by atoms with Crippen LogP contribution in [0, 0.1) is 5.92 Å². The number of nitrogens with zero attached hydrogens (tertiary/aromatic N) is 1. The second-order valence-electron chi connectivity index (χ2n) is 5.17. The van der Waals surface area contributed by atoms with Gasteiger partial charge in [0.15, 0.2) is 0 Å². The SMILES string of the molecule is NCc1cccc(OCCN2CCC(CO)CC2)c1. The highest BCUT2D eigenvalue weighted by molar-refractivity contribution is 5.28. The summed E-state index contributed by atoms with van der Waals surface area (Å²) in [5.41, 5.74) is 6.70. The first-order chi connectivity index (χ1) is 9.31. The zero-order valence-corrected chi connectivity index (χ0v) is 11.4. The predicted molar refractivity (Wildman–Crippen MR) is 76.1 cm³/mol. The molecule has 0 spiro atoms. The minimum absolute atomic E-state index is 0.330. The molecule has 2 rings (SSSR count). The summed E-state index contributed by atoms with van der Waals surface area (Å²) >= 11 is 0. The number of likely N-dealkylation sites (tertiary alicyclic amines) is 1. The largest absolute Gasteiger partial charge is 0.492 e. The third kappa shape index (κ3) is 4.49. The van der Waals surface area contributed by atoms with Crippen LogP contribution >= 0.6 is 0 Å². The number of benzene rings is 1. The van der Waals surface area contributed by atoms with Crippen LogP contribution in [0.1, 0.15) is 18.4 Å². The first-order valence-electron chi connectivity index (χ1n) is 7.07. The topological polar surface area (TPSA) is 58.7 Å². The number of hydrogen-bond acceptors (Lipinski definition) is 4. The van der Waals surface area contributed by atoms with Gasteiger partial charge in [-0.3, -0.25) is 4.90 Å². The molecule has 0 saturated carbocycles. The van der Waals surface area contributed by atoms with Crippen LogP contribution in [0.4, 0.5) is 0 Å². The second-order valence-corrected chi connectivity index (χ2v) is 5.17. The van der Waals surface area contributed by atoms with E-state index in [4.69, 9.17) is 15.6 Å². The van der Waals surface area contributed by atoms with E-state index in [2.05, 4.69) is 4.90 Å². The van der Waals surface area contributed by atoms with Gasteiger partial charge >= 0.3 is 0 Å². The maximum Gasteiger partial charge on any atom is 0.119 e. The van der Waals surface area contributed by atoms with Gasteiger partial charge in [-0.1, -0.05) is 12.1 Å². The molecular weight excluding hydrogens is 240 g/mol. The normalized spacial score (nSPS) is 17.6. The Kier molecular flexibility index (Phi) is 5.63. The molecule has 0 aromatic heterocycles. The van der Waals surface area contributed by atoms with Gasteiger partial charge in [-0.25, -0.2) is 0 Å². The molecule has 1 aromatic carbocycles. The number of aliphatic hydroxyl groups is 1. The van der Waals surface area contributed by atoms with E-state index in [-0.39, 0.29) is 0 Å². The van der Waals surface area contributed by atoms with Crippen LogP contribution < -0.4 is 10.5 Å². The van der Waals surface area contributed by atoms with E-state index >= 15 is 0 Å². The van der Waals surface area contributed by atoms with Crippen LogP contribution in [0.5, 0.6) is 5.75 Å². The molecule has 1 aliphatic rings. The maximum absolute atomic E-state index is 9.10. The fraction of sp³-hybridized carbons (Fsp3) is 0.600. The van der Waals surface area contributed by atoms with Crippen molar-refractivity contribution in [1.29, 1.82) is 0 Å². The van der Waals surface area contributed by atoms with Gasteiger partial charge in [-0.15, -0.1) is 0 Å². The average Bonchev–Trinajstić information content (AvgIpc) is 2.48. The summed E-state index contributed by atoms with van der Waals surface area (Å²) in [5.74, 6) is 1.39. The van der Waals surface area contributed by atoms with Crippen LogP contribution in [0.15, 0.2) is 24.3 Å². The highest BCUT2D eigenvalue weighted by atomic mass is 16.5. The van der Waals surface area contributed by atoms with Gasteiger partial charge < -0.3 is 15.6 Å². The first-order valence-corrected chi connectivity index (χ1v) is 7.07. The number of piperidine rings is 1. The van der Waals surface area contributed by atoms with Gasteiger partial charge in [-0.05, 0) is 49.5 Å². The number of ether oxygens (including phenoxy) is 1. The zero-order valence-electron chi connectivity index (χ0n) is 11.4. The summed E-state index contributed by atoms with van der Waals surface area (Å²) in [6.45, 7) is 4.67. The van der Waals surface area contributed by atoms with Crippen molar-refractivity contribution in [3.63, 3.8) is 0 Å².